The van der Waals surface area contributed by atoms with Crippen LogP contribution in [0.3, 0.4) is 0 Å². The third-order valence-electron chi connectivity index (χ3n) is 18.1. The molecule has 3 heteroatoms. The number of aryl methyl sites for hydroxylation is 1. The Bertz CT molecular complexity index is 4800. The molecule has 0 spiro atoms. The number of para-hydroxylation sites is 4. The van der Waals surface area contributed by atoms with Crippen LogP contribution in [0.1, 0.15) is 62.4 Å². The van der Waals surface area contributed by atoms with E-state index in [-0.39, 0.29) is 10.8 Å². The molecule has 3 nitrogen and oxygen atoms in total. The van der Waals surface area contributed by atoms with E-state index in [4.69, 9.17) is 0 Å². The van der Waals surface area contributed by atoms with E-state index in [1.165, 1.54) is 110 Å². The third-order valence-corrected chi connectivity index (χ3v) is 18.1. The first-order valence-corrected chi connectivity index (χ1v) is 28.5. The lowest BCUT2D eigenvalue weighted by Gasteiger charge is -2.29. The summed E-state index contributed by atoms with van der Waals surface area (Å²) in [7, 11) is 0. The van der Waals surface area contributed by atoms with Gasteiger partial charge in [-0.2, -0.15) is 0 Å². The maximum atomic E-state index is 4.07. The van der Waals surface area contributed by atoms with Gasteiger partial charge in [0.25, 0.3) is 0 Å². The van der Waals surface area contributed by atoms with Crippen molar-refractivity contribution in [1.29, 1.82) is 0 Å². The SMILES string of the molecule is C=C/C=C1\C(=C/C)C(C)(C)c2cc(-n3c4ccccc4c4cc(-c5cc(-c6ccc(N(c7ccc8c(c7)C(C)(C)c7ccc9ccccc9c7-8)c7ccccc7C)cc6)cc(-n6c7ccccc7c7ccccc76)c5)ccc43)ccc21. The van der Waals surface area contributed by atoms with Gasteiger partial charge in [-0.3, -0.25) is 0 Å². The molecule has 0 atom stereocenters. The smallest absolute Gasteiger partial charge is 0.0541 e. The molecule has 0 unspecified atom stereocenters. The van der Waals surface area contributed by atoms with Crippen LogP contribution in [0.15, 0.2) is 261 Å². The van der Waals surface area contributed by atoms with Gasteiger partial charge in [-0.1, -0.05) is 192 Å². The van der Waals surface area contributed by atoms with Crippen LogP contribution in [0.2, 0.25) is 0 Å². The Balaban J connectivity index is 0.883. The highest BCUT2D eigenvalue weighted by atomic mass is 15.1. The van der Waals surface area contributed by atoms with Crippen molar-refractivity contribution in [3.05, 3.63) is 289 Å². The standard InChI is InChI=1S/C78H61N3/c1-8-20-60-61-39-37-57(48-69(61)77(4,5)67(60)9-2)80-74-30-19-15-26-64(74)66-46-52(34-42-75(66)80)54-43-53(44-58(45-54)81-72-28-17-13-24-62(72)63-25-14-18-29-73(63)81)50-31-35-55(36-32-50)79(71-27-16-10-21-49(71)3)56-38-40-65-70(47-56)78(6,7)68-41-33-51-22-11-12-23-59(51)76(65)68/h8-48H,1H2,2-7H3/b60-20-,67-9+. The first kappa shape index (κ1) is 48.4. The molecule has 13 aromatic rings. The van der Waals surface area contributed by atoms with Gasteiger partial charge in [0.2, 0.25) is 0 Å². The molecule has 2 aliphatic rings. The molecular weight excluding hydrogens is 979 g/mol. The zero-order valence-electron chi connectivity index (χ0n) is 46.7. The Kier molecular flexibility index (Phi) is 10.9. The Morgan fingerprint density at radius 3 is 1.68 bits per heavy atom. The highest BCUT2D eigenvalue weighted by Crippen LogP contribution is 2.54. The minimum atomic E-state index is -0.170. The van der Waals surface area contributed by atoms with E-state index in [0.717, 1.165) is 45.1 Å². The first-order chi connectivity index (χ1) is 39.5. The van der Waals surface area contributed by atoms with Crippen LogP contribution in [0.25, 0.3) is 105 Å². The van der Waals surface area contributed by atoms with Gasteiger partial charge in [0.15, 0.2) is 0 Å². The van der Waals surface area contributed by atoms with Crippen molar-refractivity contribution in [3.8, 4) is 44.8 Å². The summed E-state index contributed by atoms with van der Waals surface area (Å²) in [6, 6.07) is 86.4. The molecule has 2 aliphatic carbocycles. The van der Waals surface area contributed by atoms with Crippen LogP contribution in [0, 0.1) is 6.92 Å². The average Bonchev–Trinajstić information content (AvgIpc) is 2.98. The second kappa shape index (κ2) is 18.2. The first-order valence-electron chi connectivity index (χ1n) is 28.5. The summed E-state index contributed by atoms with van der Waals surface area (Å²) in [4.78, 5) is 2.45. The monoisotopic (exact) mass is 1040 g/mol. The van der Waals surface area contributed by atoms with Gasteiger partial charge in [0.1, 0.15) is 0 Å². The lowest BCUT2D eigenvalue weighted by molar-refractivity contribution is 0.659. The van der Waals surface area contributed by atoms with Crippen molar-refractivity contribution in [2.24, 2.45) is 0 Å². The van der Waals surface area contributed by atoms with Crippen LogP contribution < -0.4 is 4.90 Å². The molecule has 15 rings (SSSR count). The molecule has 0 amide bonds. The Morgan fingerprint density at radius 2 is 0.988 bits per heavy atom. The summed E-state index contributed by atoms with van der Waals surface area (Å²) in [5, 5.41) is 7.53. The number of fused-ring (bicyclic) bond motifs is 12. The molecule has 0 N–H and O–H groups in total. The number of rotatable bonds is 8. The number of nitrogens with zero attached hydrogens (tertiary/aromatic N) is 3. The normalized spacial score (nSPS) is 15.1. The van der Waals surface area contributed by atoms with Gasteiger partial charge < -0.3 is 14.0 Å². The van der Waals surface area contributed by atoms with Crippen molar-refractivity contribution in [1.82, 2.24) is 9.13 Å². The fourth-order valence-electron chi connectivity index (χ4n) is 14.2. The molecule has 0 saturated carbocycles. The van der Waals surface area contributed by atoms with Crippen LogP contribution in [0.5, 0.6) is 0 Å². The molecule has 2 heterocycles. The van der Waals surface area contributed by atoms with E-state index in [1.807, 2.05) is 6.08 Å². The molecule has 2 aromatic heterocycles. The van der Waals surface area contributed by atoms with Crippen molar-refractivity contribution in [2.45, 2.75) is 52.4 Å². The molecule has 81 heavy (non-hydrogen) atoms. The summed E-state index contributed by atoms with van der Waals surface area (Å²) in [5.74, 6) is 0. The minimum absolute atomic E-state index is 0.149. The van der Waals surface area contributed by atoms with Gasteiger partial charge >= 0.3 is 0 Å². The van der Waals surface area contributed by atoms with Gasteiger partial charge in [0, 0.05) is 60.8 Å². The summed E-state index contributed by atoms with van der Waals surface area (Å²) >= 11 is 0. The van der Waals surface area contributed by atoms with Crippen LogP contribution >= 0.6 is 0 Å². The van der Waals surface area contributed by atoms with E-state index in [9.17, 15) is 0 Å². The highest BCUT2D eigenvalue weighted by Gasteiger charge is 2.39. The minimum Gasteiger partial charge on any atom is -0.310 e. The summed E-state index contributed by atoms with van der Waals surface area (Å²) in [5.41, 5.74) is 26.6. The predicted octanol–water partition coefficient (Wildman–Crippen LogP) is 21.3. The van der Waals surface area contributed by atoms with Crippen molar-refractivity contribution >= 4 is 77.0 Å². The zero-order chi connectivity index (χ0) is 54.9. The summed E-state index contributed by atoms with van der Waals surface area (Å²) in [6.07, 6.45) is 6.35. The van der Waals surface area contributed by atoms with E-state index in [1.54, 1.807) is 0 Å². The van der Waals surface area contributed by atoms with Crippen molar-refractivity contribution in [2.75, 3.05) is 4.90 Å². The number of aromatic nitrogens is 2. The second-order valence-corrected chi connectivity index (χ2v) is 23.3. The van der Waals surface area contributed by atoms with E-state index in [2.05, 4.69) is 305 Å². The Morgan fingerprint density at radius 1 is 0.420 bits per heavy atom. The highest BCUT2D eigenvalue weighted by molar-refractivity contribution is 6.12. The Labute approximate surface area is 474 Å². The van der Waals surface area contributed by atoms with E-state index in [0.29, 0.717) is 0 Å². The predicted molar refractivity (Wildman–Crippen MR) is 345 cm³/mol. The molecule has 0 saturated heterocycles. The van der Waals surface area contributed by atoms with Crippen LogP contribution in [-0.2, 0) is 10.8 Å². The van der Waals surface area contributed by atoms with Gasteiger partial charge in [0.05, 0.1) is 22.1 Å². The van der Waals surface area contributed by atoms with E-state index < -0.39 is 0 Å². The molecule has 0 fully saturated rings. The lowest BCUT2D eigenvalue weighted by Crippen LogP contribution is -2.17. The number of benzene rings is 11. The van der Waals surface area contributed by atoms with Gasteiger partial charge in [-0.05, 0) is 188 Å². The number of hydrogen-bond donors (Lipinski definition) is 0. The number of allylic oxidation sites excluding steroid dienone is 5. The molecule has 0 bridgehead atoms. The second-order valence-electron chi connectivity index (χ2n) is 23.3. The quantitative estimate of drug-likeness (QED) is 0.148. The average molecular weight is 1040 g/mol. The number of anilines is 3. The summed E-state index contributed by atoms with van der Waals surface area (Å²) < 4.78 is 4.92. The summed E-state index contributed by atoms with van der Waals surface area (Å²) in [6.45, 7) is 17.9. The molecule has 11 aromatic carbocycles. The lowest BCUT2D eigenvalue weighted by atomic mass is 9.82. The van der Waals surface area contributed by atoms with E-state index >= 15 is 0 Å². The maximum absolute atomic E-state index is 4.07. The zero-order valence-corrected chi connectivity index (χ0v) is 46.7. The van der Waals surface area contributed by atoms with Crippen LogP contribution in [-0.4, -0.2) is 9.13 Å². The van der Waals surface area contributed by atoms with Gasteiger partial charge in [-0.25, -0.2) is 0 Å². The molecule has 388 valence electrons. The number of hydrogen-bond acceptors (Lipinski definition) is 1. The Hall–Kier alpha value is -9.70. The maximum Gasteiger partial charge on any atom is 0.0541 e. The molecular formula is C78H61N3. The molecule has 0 aliphatic heterocycles. The fraction of sp³-hybridized carbons (Fsp3) is 0.103. The topological polar surface area (TPSA) is 13.1 Å². The van der Waals surface area contributed by atoms with Crippen molar-refractivity contribution in [3.63, 3.8) is 0 Å². The largest absolute Gasteiger partial charge is 0.310 e. The molecule has 0 radical (unpaired) electrons. The van der Waals surface area contributed by atoms with Crippen molar-refractivity contribution < 1.29 is 0 Å². The third kappa shape index (κ3) is 7.28. The van der Waals surface area contributed by atoms with Crippen LogP contribution in [0.4, 0.5) is 17.1 Å². The fourth-order valence-corrected chi connectivity index (χ4v) is 14.2. The van der Waals surface area contributed by atoms with Gasteiger partial charge in [-0.15, -0.1) is 0 Å².